The molecule has 1 amide bonds. The molecule has 1 unspecified atom stereocenters. The molecular formula is C16H14ClN3O. The van der Waals surface area contributed by atoms with Gasteiger partial charge in [-0.25, -0.2) is 0 Å². The number of nitrogens with zero attached hydrogens (tertiary/aromatic N) is 1. The summed E-state index contributed by atoms with van der Waals surface area (Å²) in [6.07, 6.45) is 5.38. The number of halogens is 1. The molecule has 0 fully saturated rings. The van der Waals surface area contributed by atoms with Crippen LogP contribution in [0.5, 0.6) is 0 Å². The molecule has 2 N–H and O–H groups in total. The lowest BCUT2D eigenvalue weighted by atomic mass is 9.91. The molecule has 21 heavy (non-hydrogen) atoms. The van der Waals surface area contributed by atoms with Crippen LogP contribution in [0.4, 0.5) is 5.69 Å². The molecule has 106 valence electrons. The van der Waals surface area contributed by atoms with Crippen molar-refractivity contribution in [1.82, 2.24) is 10.3 Å². The van der Waals surface area contributed by atoms with Crippen molar-refractivity contribution in [2.45, 2.75) is 6.04 Å². The average molecular weight is 300 g/mol. The van der Waals surface area contributed by atoms with Gasteiger partial charge in [-0.05, 0) is 47.5 Å². The van der Waals surface area contributed by atoms with E-state index in [0.717, 1.165) is 22.4 Å². The summed E-state index contributed by atoms with van der Waals surface area (Å²) in [5, 5.41) is 6.54. The van der Waals surface area contributed by atoms with Gasteiger partial charge < -0.3 is 10.6 Å². The van der Waals surface area contributed by atoms with Crippen LogP contribution in [0, 0.1) is 0 Å². The number of likely N-dealkylation sites (N-methyl/N-ethyl adjacent to an activating group) is 1. The van der Waals surface area contributed by atoms with Crippen LogP contribution in [0.3, 0.4) is 0 Å². The Morgan fingerprint density at radius 1 is 1.29 bits per heavy atom. The Morgan fingerprint density at radius 3 is 2.76 bits per heavy atom. The summed E-state index contributed by atoms with van der Waals surface area (Å²) >= 11 is 6.11. The molecule has 1 aliphatic heterocycles. The molecule has 3 rings (SSSR count). The quantitative estimate of drug-likeness (QED) is 0.896. The van der Waals surface area contributed by atoms with Gasteiger partial charge in [0.2, 0.25) is 5.91 Å². The van der Waals surface area contributed by atoms with Crippen LogP contribution >= 0.6 is 11.6 Å². The number of rotatable bonds is 2. The Kier molecular flexibility index (Phi) is 3.62. The van der Waals surface area contributed by atoms with E-state index in [1.165, 1.54) is 0 Å². The van der Waals surface area contributed by atoms with Crippen LogP contribution in [0.2, 0.25) is 5.02 Å². The number of aromatic nitrogens is 1. The van der Waals surface area contributed by atoms with Crippen molar-refractivity contribution >= 4 is 28.8 Å². The molecule has 1 aromatic carbocycles. The Hall–Kier alpha value is -2.33. The molecule has 0 saturated heterocycles. The highest BCUT2D eigenvalue weighted by Crippen LogP contribution is 2.35. The van der Waals surface area contributed by atoms with Gasteiger partial charge in [0.15, 0.2) is 0 Å². The summed E-state index contributed by atoms with van der Waals surface area (Å²) in [4.78, 5) is 16.0. The molecule has 5 heteroatoms. The minimum Gasteiger partial charge on any atom is -0.370 e. The van der Waals surface area contributed by atoms with Crippen molar-refractivity contribution in [2.75, 3.05) is 12.4 Å². The number of anilines is 1. The fourth-order valence-corrected chi connectivity index (χ4v) is 2.58. The number of carbonyl (C=O) groups excluding carboxylic acids is 1. The first-order valence-corrected chi connectivity index (χ1v) is 6.97. The maximum absolute atomic E-state index is 12.0. The van der Waals surface area contributed by atoms with Crippen molar-refractivity contribution in [3.8, 4) is 0 Å². The number of nitrogens with one attached hydrogen (secondary N) is 2. The monoisotopic (exact) mass is 299 g/mol. The Labute approximate surface area is 127 Å². The number of fused-ring (bicyclic) bond motifs is 1. The zero-order chi connectivity index (χ0) is 14.8. The van der Waals surface area contributed by atoms with Gasteiger partial charge in [-0.15, -0.1) is 0 Å². The highest BCUT2D eigenvalue weighted by atomic mass is 35.5. The first kappa shape index (κ1) is 13.6. The lowest BCUT2D eigenvalue weighted by molar-refractivity contribution is -0.120. The molecule has 0 bridgehead atoms. The lowest BCUT2D eigenvalue weighted by Crippen LogP contribution is -2.38. The first-order chi connectivity index (χ1) is 10.2. The van der Waals surface area contributed by atoms with Crippen LogP contribution in [-0.2, 0) is 4.79 Å². The van der Waals surface area contributed by atoms with Gasteiger partial charge in [0.25, 0.3) is 0 Å². The summed E-state index contributed by atoms with van der Waals surface area (Å²) in [6, 6.07) is 9.03. The smallest absolute Gasteiger partial charge is 0.246 e. The van der Waals surface area contributed by atoms with E-state index in [4.69, 9.17) is 11.6 Å². The molecule has 0 saturated carbocycles. The molecule has 2 heterocycles. The minimum absolute atomic E-state index is 0.0813. The summed E-state index contributed by atoms with van der Waals surface area (Å²) < 4.78 is 0. The number of pyridine rings is 1. The second kappa shape index (κ2) is 5.58. The Bertz CT molecular complexity index is 713. The molecular weight excluding hydrogens is 286 g/mol. The van der Waals surface area contributed by atoms with Crippen LogP contribution in [0.15, 0.2) is 48.8 Å². The summed E-state index contributed by atoms with van der Waals surface area (Å²) in [5.74, 6) is -0.0813. The fourth-order valence-electron chi connectivity index (χ4n) is 2.41. The fraction of sp³-hybridized carbons (Fsp3) is 0.125. The molecule has 0 radical (unpaired) electrons. The van der Waals surface area contributed by atoms with Gasteiger partial charge in [0, 0.05) is 35.7 Å². The van der Waals surface area contributed by atoms with Gasteiger partial charge in [-0.1, -0.05) is 11.6 Å². The topological polar surface area (TPSA) is 54.0 Å². The van der Waals surface area contributed by atoms with E-state index in [1.54, 1.807) is 19.4 Å². The standard InChI is InChI=1S/C16H14ClN3O/c1-18-16(21)15-9-12(10-4-6-19-7-5-10)13-8-11(17)2-3-14(13)20-15/h2-9,15,20H,1H3,(H,18,21). The zero-order valence-corrected chi connectivity index (χ0v) is 12.2. The van der Waals surface area contributed by atoms with Gasteiger partial charge in [0.05, 0.1) is 0 Å². The third kappa shape index (κ3) is 2.62. The van der Waals surface area contributed by atoms with Gasteiger partial charge >= 0.3 is 0 Å². The van der Waals surface area contributed by atoms with E-state index < -0.39 is 6.04 Å². The van der Waals surface area contributed by atoms with Crippen LogP contribution in [-0.4, -0.2) is 24.0 Å². The maximum Gasteiger partial charge on any atom is 0.246 e. The minimum atomic E-state index is -0.410. The van der Waals surface area contributed by atoms with E-state index in [-0.39, 0.29) is 5.91 Å². The average Bonchev–Trinajstić information content (AvgIpc) is 2.54. The maximum atomic E-state index is 12.0. The number of hydrogen-bond donors (Lipinski definition) is 2. The molecule has 0 aliphatic carbocycles. The third-order valence-electron chi connectivity index (χ3n) is 3.44. The lowest BCUT2D eigenvalue weighted by Gasteiger charge is -2.25. The van der Waals surface area contributed by atoms with Gasteiger partial charge in [-0.3, -0.25) is 9.78 Å². The highest BCUT2D eigenvalue weighted by Gasteiger charge is 2.24. The van der Waals surface area contributed by atoms with Crippen molar-refractivity contribution in [2.24, 2.45) is 0 Å². The summed E-state index contributed by atoms with van der Waals surface area (Å²) in [7, 11) is 1.63. The molecule has 1 aromatic heterocycles. The van der Waals surface area contributed by atoms with Crippen LogP contribution < -0.4 is 10.6 Å². The molecule has 2 aromatic rings. The highest BCUT2D eigenvalue weighted by molar-refractivity contribution is 6.31. The number of benzene rings is 1. The predicted molar refractivity (Wildman–Crippen MR) is 84.2 cm³/mol. The SMILES string of the molecule is CNC(=O)C1C=C(c2ccncc2)c2cc(Cl)ccc2N1. The van der Waals surface area contributed by atoms with Crippen LogP contribution in [0.1, 0.15) is 11.1 Å². The molecule has 1 aliphatic rings. The van der Waals surface area contributed by atoms with Crippen LogP contribution in [0.25, 0.3) is 5.57 Å². The van der Waals surface area contributed by atoms with E-state index >= 15 is 0 Å². The first-order valence-electron chi connectivity index (χ1n) is 6.59. The normalized spacial score (nSPS) is 16.5. The van der Waals surface area contributed by atoms with Crippen molar-refractivity contribution < 1.29 is 4.79 Å². The third-order valence-corrected chi connectivity index (χ3v) is 3.67. The Balaban J connectivity index is 2.14. The van der Waals surface area contributed by atoms with Gasteiger partial charge in [-0.2, -0.15) is 0 Å². The predicted octanol–water partition coefficient (Wildman–Crippen LogP) is 2.71. The second-order valence-electron chi connectivity index (χ2n) is 4.74. The number of hydrogen-bond acceptors (Lipinski definition) is 3. The zero-order valence-electron chi connectivity index (χ0n) is 11.4. The van der Waals surface area contributed by atoms with E-state index in [9.17, 15) is 4.79 Å². The molecule has 1 atom stereocenters. The van der Waals surface area contributed by atoms with Crippen molar-refractivity contribution in [3.63, 3.8) is 0 Å². The van der Waals surface area contributed by atoms with Crippen molar-refractivity contribution in [1.29, 1.82) is 0 Å². The second-order valence-corrected chi connectivity index (χ2v) is 5.18. The van der Waals surface area contributed by atoms with E-state index in [2.05, 4.69) is 15.6 Å². The Morgan fingerprint density at radius 2 is 2.05 bits per heavy atom. The van der Waals surface area contributed by atoms with Gasteiger partial charge in [0.1, 0.15) is 6.04 Å². The van der Waals surface area contributed by atoms with E-state index in [1.807, 2.05) is 36.4 Å². The number of amides is 1. The largest absolute Gasteiger partial charge is 0.370 e. The molecule has 0 spiro atoms. The van der Waals surface area contributed by atoms with E-state index in [0.29, 0.717) is 5.02 Å². The summed E-state index contributed by atoms with van der Waals surface area (Å²) in [5.41, 5.74) is 3.85. The molecule has 4 nitrogen and oxygen atoms in total. The summed E-state index contributed by atoms with van der Waals surface area (Å²) in [6.45, 7) is 0. The van der Waals surface area contributed by atoms with Crippen molar-refractivity contribution in [3.05, 3.63) is 65.0 Å². The number of carbonyl (C=O) groups is 1.